The van der Waals surface area contributed by atoms with E-state index in [4.69, 9.17) is 0 Å². The number of anilines is 3. The fourth-order valence-corrected chi connectivity index (χ4v) is 3.29. The van der Waals surface area contributed by atoms with E-state index in [1.54, 1.807) is 6.20 Å². The molecule has 2 N–H and O–H groups in total. The molecule has 1 heterocycles. The smallest absolute Gasteiger partial charge is 0.229 e. The molecule has 1 aliphatic rings. The van der Waals surface area contributed by atoms with Crippen LogP contribution in [0.1, 0.15) is 25.3 Å². The Morgan fingerprint density at radius 1 is 1.32 bits per heavy atom. The monoisotopic (exact) mass is 462 g/mol. The first-order chi connectivity index (χ1) is 11.9. The highest BCUT2D eigenvalue weighted by molar-refractivity contribution is 9.10. The van der Waals surface area contributed by atoms with Gasteiger partial charge >= 0.3 is 0 Å². The summed E-state index contributed by atoms with van der Waals surface area (Å²) < 4.78 is 1.84. The average Bonchev–Trinajstić information content (AvgIpc) is 3.38. The van der Waals surface area contributed by atoms with E-state index < -0.39 is 0 Å². The van der Waals surface area contributed by atoms with E-state index in [1.807, 2.05) is 25.1 Å². The topological polar surface area (TPSA) is 49.8 Å². The fraction of sp³-hybridized carbons (Fsp3) is 0.263. The number of nitrogens with one attached hydrogen (secondary N) is 2. The summed E-state index contributed by atoms with van der Waals surface area (Å²) >= 11 is 6.97. The maximum absolute atomic E-state index is 4.56. The molecule has 0 aliphatic heterocycles. The third kappa shape index (κ3) is 4.92. The largest absolute Gasteiger partial charge is 0.340 e. The van der Waals surface area contributed by atoms with Gasteiger partial charge in [0, 0.05) is 22.1 Å². The van der Waals surface area contributed by atoms with Crippen LogP contribution in [0.5, 0.6) is 0 Å². The van der Waals surface area contributed by atoms with E-state index in [0.29, 0.717) is 11.8 Å². The Bertz CT molecular complexity index is 841. The first-order valence-electron chi connectivity index (χ1n) is 8.12. The molecule has 0 unspecified atom stereocenters. The summed E-state index contributed by atoms with van der Waals surface area (Å²) in [5, 5.41) is 6.52. The number of halogens is 2. The van der Waals surface area contributed by atoms with E-state index in [0.717, 1.165) is 31.8 Å². The molecule has 6 heteroatoms. The summed E-state index contributed by atoms with van der Waals surface area (Å²) in [5.41, 5.74) is 4.28. The van der Waals surface area contributed by atoms with Gasteiger partial charge in [-0.25, -0.2) is 4.98 Å². The van der Waals surface area contributed by atoms with Crippen molar-refractivity contribution in [3.8, 4) is 0 Å². The van der Waals surface area contributed by atoms with Crippen LogP contribution in [-0.4, -0.2) is 9.97 Å². The molecule has 0 radical (unpaired) electrons. The standard InChI is InChI=1S/C19H20Br2N4/c1-11(14-4-5-14)8-13(3)23-18-16(21)10-22-19(25-18)24-17-7-6-15(20)9-12(17)2/h6-10,14H,3-5H2,1-2H3,(H2,22,23,24,25)/b11-8+. The number of aryl methyl sites for hydroxylation is 1. The van der Waals surface area contributed by atoms with E-state index in [2.05, 4.69) is 72.0 Å². The fourth-order valence-electron chi connectivity index (χ4n) is 2.52. The molecule has 1 aliphatic carbocycles. The SMILES string of the molecule is C=C(/C=C(\C)C1CC1)Nc1nc(Nc2ccc(Br)cc2C)ncc1Br. The van der Waals surface area contributed by atoms with Gasteiger partial charge < -0.3 is 10.6 Å². The summed E-state index contributed by atoms with van der Waals surface area (Å²) in [6, 6.07) is 6.03. The lowest BCUT2D eigenvalue weighted by Crippen LogP contribution is -2.04. The molecule has 3 rings (SSSR count). The first-order valence-corrected chi connectivity index (χ1v) is 9.71. The minimum Gasteiger partial charge on any atom is -0.340 e. The van der Waals surface area contributed by atoms with Crippen LogP contribution in [0.25, 0.3) is 0 Å². The van der Waals surface area contributed by atoms with Crippen molar-refractivity contribution in [2.45, 2.75) is 26.7 Å². The molecule has 130 valence electrons. The Morgan fingerprint density at radius 3 is 2.76 bits per heavy atom. The van der Waals surface area contributed by atoms with Gasteiger partial charge in [-0.1, -0.05) is 28.1 Å². The highest BCUT2D eigenvalue weighted by atomic mass is 79.9. The van der Waals surface area contributed by atoms with Crippen LogP contribution < -0.4 is 10.6 Å². The molecule has 4 nitrogen and oxygen atoms in total. The lowest BCUT2D eigenvalue weighted by molar-refractivity contribution is 1.00. The molecular formula is C19H20Br2N4. The second-order valence-electron chi connectivity index (χ2n) is 6.29. The van der Waals surface area contributed by atoms with Crippen molar-refractivity contribution in [3.63, 3.8) is 0 Å². The summed E-state index contributed by atoms with van der Waals surface area (Å²) in [4.78, 5) is 8.90. The van der Waals surface area contributed by atoms with Crippen molar-refractivity contribution in [1.82, 2.24) is 9.97 Å². The van der Waals surface area contributed by atoms with Crippen molar-refractivity contribution < 1.29 is 0 Å². The molecule has 1 aromatic carbocycles. The molecule has 0 atom stereocenters. The van der Waals surface area contributed by atoms with Crippen molar-refractivity contribution in [1.29, 1.82) is 0 Å². The first kappa shape index (κ1) is 18.1. The van der Waals surface area contributed by atoms with Crippen LogP contribution >= 0.6 is 31.9 Å². The van der Waals surface area contributed by atoms with E-state index >= 15 is 0 Å². The Hall–Kier alpha value is -1.66. The lowest BCUT2D eigenvalue weighted by Gasteiger charge is -2.12. The number of hydrogen-bond acceptors (Lipinski definition) is 4. The molecule has 0 spiro atoms. The number of aromatic nitrogens is 2. The molecular weight excluding hydrogens is 444 g/mol. The second-order valence-corrected chi connectivity index (χ2v) is 8.06. The van der Waals surface area contributed by atoms with Crippen molar-refractivity contribution in [2.24, 2.45) is 5.92 Å². The summed E-state index contributed by atoms with van der Waals surface area (Å²) in [6.45, 7) is 8.28. The van der Waals surface area contributed by atoms with Crippen LogP contribution in [0.3, 0.4) is 0 Å². The Labute approximate surface area is 165 Å². The molecule has 0 amide bonds. The van der Waals surface area contributed by atoms with Gasteiger partial charge in [-0.2, -0.15) is 4.98 Å². The lowest BCUT2D eigenvalue weighted by atomic mass is 10.1. The number of nitrogens with zero attached hydrogens (tertiary/aromatic N) is 2. The van der Waals surface area contributed by atoms with Gasteiger partial charge in [0.15, 0.2) is 0 Å². The summed E-state index contributed by atoms with van der Waals surface area (Å²) in [5.74, 6) is 1.95. The predicted molar refractivity (Wildman–Crippen MR) is 111 cm³/mol. The van der Waals surface area contributed by atoms with E-state index in [-0.39, 0.29) is 0 Å². The number of benzene rings is 1. The molecule has 1 aromatic heterocycles. The van der Waals surface area contributed by atoms with Crippen LogP contribution in [0.15, 0.2) is 57.3 Å². The molecule has 0 saturated heterocycles. The normalized spacial score (nSPS) is 14.3. The van der Waals surface area contributed by atoms with E-state index in [1.165, 1.54) is 18.4 Å². The second kappa shape index (κ2) is 7.70. The number of rotatable bonds is 6. The van der Waals surface area contributed by atoms with Crippen LogP contribution in [0, 0.1) is 12.8 Å². The Kier molecular flexibility index (Phi) is 5.59. The van der Waals surface area contributed by atoms with Crippen molar-refractivity contribution >= 4 is 49.3 Å². The quantitative estimate of drug-likeness (QED) is 0.491. The van der Waals surface area contributed by atoms with E-state index in [9.17, 15) is 0 Å². The molecule has 25 heavy (non-hydrogen) atoms. The van der Waals surface area contributed by atoms with Crippen molar-refractivity contribution in [2.75, 3.05) is 10.6 Å². The zero-order valence-electron chi connectivity index (χ0n) is 14.2. The van der Waals surface area contributed by atoms with Gasteiger partial charge in [-0.15, -0.1) is 0 Å². The third-order valence-corrected chi connectivity index (χ3v) is 5.15. The molecule has 1 saturated carbocycles. The van der Waals surface area contributed by atoms with Gasteiger partial charge in [0.05, 0.1) is 4.47 Å². The zero-order chi connectivity index (χ0) is 18.0. The maximum Gasteiger partial charge on any atom is 0.229 e. The number of hydrogen-bond donors (Lipinski definition) is 2. The Morgan fingerprint density at radius 2 is 2.08 bits per heavy atom. The third-order valence-electron chi connectivity index (χ3n) is 4.08. The van der Waals surface area contributed by atoms with Crippen LogP contribution in [-0.2, 0) is 0 Å². The highest BCUT2D eigenvalue weighted by Crippen LogP contribution is 2.36. The van der Waals surface area contributed by atoms with Crippen LogP contribution in [0.2, 0.25) is 0 Å². The molecule has 1 fully saturated rings. The highest BCUT2D eigenvalue weighted by Gasteiger charge is 2.22. The summed E-state index contributed by atoms with van der Waals surface area (Å²) in [7, 11) is 0. The van der Waals surface area contributed by atoms with Gasteiger partial charge in [0.1, 0.15) is 5.82 Å². The van der Waals surface area contributed by atoms with Gasteiger partial charge in [0.25, 0.3) is 0 Å². The average molecular weight is 464 g/mol. The van der Waals surface area contributed by atoms with Gasteiger partial charge in [0.2, 0.25) is 5.95 Å². The van der Waals surface area contributed by atoms with Gasteiger partial charge in [-0.3, -0.25) is 0 Å². The zero-order valence-corrected chi connectivity index (χ0v) is 17.4. The molecule has 0 bridgehead atoms. The minimum absolute atomic E-state index is 0.534. The predicted octanol–water partition coefficient (Wildman–Crippen LogP) is 6.34. The maximum atomic E-state index is 4.56. The minimum atomic E-state index is 0.534. The molecule has 2 aromatic rings. The Balaban J connectivity index is 1.75. The van der Waals surface area contributed by atoms with Gasteiger partial charge in [-0.05, 0) is 78.4 Å². The number of allylic oxidation sites excluding steroid dienone is 2. The summed E-state index contributed by atoms with van der Waals surface area (Å²) in [6.07, 6.45) is 6.40. The van der Waals surface area contributed by atoms with Crippen molar-refractivity contribution in [3.05, 3.63) is 62.8 Å². The van der Waals surface area contributed by atoms with Crippen LogP contribution in [0.4, 0.5) is 17.5 Å².